The van der Waals surface area contributed by atoms with Crippen molar-refractivity contribution in [3.05, 3.63) is 47.2 Å². The van der Waals surface area contributed by atoms with Crippen LogP contribution in [0.25, 0.3) is 10.9 Å². The number of fused-ring (bicyclic) bond motifs is 1. The number of amides is 2. The third-order valence-corrected chi connectivity index (χ3v) is 7.02. The molecule has 0 atom stereocenters. The van der Waals surface area contributed by atoms with E-state index in [1.807, 2.05) is 31.2 Å². The molecule has 0 radical (unpaired) electrons. The number of carbonyl (C=O) groups excluding carboxylic acids is 1. The van der Waals surface area contributed by atoms with E-state index in [9.17, 15) is 4.79 Å². The zero-order valence-electron chi connectivity index (χ0n) is 19.4. The molecule has 1 saturated heterocycles. The van der Waals surface area contributed by atoms with Gasteiger partial charge in [-0.2, -0.15) is 0 Å². The van der Waals surface area contributed by atoms with E-state index in [1.165, 1.54) is 6.33 Å². The van der Waals surface area contributed by atoms with Crippen LogP contribution in [0.5, 0.6) is 11.5 Å². The van der Waals surface area contributed by atoms with Crippen molar-refractivity contribution in [2.24, 2.45) is 5.92 Å². The monoisotopic (exact) mass is 501 g/mol. The summed E-state index contributed by atoms with van der Waals surface area (Å²) in [7, 11) is 3.76. The second-order valence-electron chi connectivity index (χ2n) is 8.35. The van der Waals surface area contributed by atoms with Crippen LogP contribution >= 0.6 is 23.5 Å². The van der Waals surface area contributed by atoms with Crippen LogP contribution in [-0.4, -0.2) is 54.8 Å². The number of benzene rings is 2. The number of hydrogen-bond acceptors (Lipinski definition) is 7. The molecule has 2 aromatic carbocycles. The number of carbonyl (C=O) groups is 1. The molecule has 2 heterocycles. The lowest BCUT2D eigenvalue weighted by molar-refractivity contribution is 0.157. The van der Waals surface area contributed by atoms with Gasteiger partial charge in [-0.3, -0.25) is 4.72 Å². The predicted octanol–water partition coefficient (Wildman–Crippen LogP) is 5.15. The zero-order chi connectivity index (χ0) is 24.1. The molecule has 3 aromatic rings. The number of ether oxygens (including phenoxy) is 2. The molecule has 0 saturated carbocycles. The van der Waals surface area contributed by atoms with Gasteiger partial charge in [0.2, 0.25) is 0 Å². The molecule has 2 amide bonds. The molecule has 4 rings (SSSR count). The molecular formula is C24H28ClN5O3S. The lowest BCUT2D eigenvalue weighted by Gasteiger charge is -2.28. The Kier molecular flexibility index (Phi) is 7.97. The summed E-state index contributed by atoms with van der Waals surface area (Å²) in [6, 6.07) is 8.75. The van der Waals surface area contributed by atoms with Gasteiger partial charge in [0.1, 0.15) is 11.4 Å². The summed E-state index contributed by atoms with van der Waals surface area (Å²) in [5, 5.41) is 4.61. The quantitative estimate of drug-likeness (QED) is 0.342. The minimum atomic E-state index is -0.405. The van der Waals surface area contributed by atoms with E-state index >= 15 is 0 Å². The number of nitrogens with one attached hydrogen (secondary N) is 2. The van der Waals surface area contributed by atoms with Crippen LogP contribution in [0.3, 0.4) is 0 Å². The Morgan fingerprint density at radius 3 is 2.76 bits per heavy atom. The van der Waals surface area contributed by atoms with Crippen molar-refractivity contribution >= 4 is 46.2 Å². The van der Waals surface area contributed by atoms with Gasteiger partial charge in [0, 0.05) is 23.4 Å². The first-order valence-electron chi connectivity index (χ1n) is 11.1. The van der Waals surface area contributed by atoms with Gasteiger partial charge < -0.3 is 19.7 Å². The minimum Gasteiger partial charge on any atom is -0.493 e. The van der Waals surface area contributed by atoms with Crippen molar-refractivity contribution in [1.82, 2.24) is 19.6 Å². The summed E-state index contributed by atoms with van der Waals surface area (Å²) in [6.45, 7) is 4.71. The van der Waals surface area contributed by atoms with E-state index < -0.39 is 6.03 Å². The molecule has 2 N–H and O–H groups in total. The number of halogens is 1. The SMILES string of the molecule is COc1cc2c(SNC(=O)Nc3c(C)cccc3Cl)ncnc2cc1OCC1CCN(C)CC1. The van der Waals surface area contributed by atoms with Crippen LogP contribution in [0.1, 0.15) is 18.4 Å². The Hall–Kier alpha value is -2.75. The highest BCUT2D eigenvalue weighted by Crippen LogP contribution is 2.35. The van der Waals surface area contributed by atoms with Crippen molar-refractivity contribution in [1.29, 1.82) is 0 Å². The fraction of sp³-hybridized carbons (Fsp3) is 0.375. The molecule has 0 unspecified atom stereocenters. The first-order chi connectivity index (χ1) is 16.4. The first kappa shape index (κ1) is 24.4. The number of methoxy groups -OCH3 is 1. The summed E-state index contributed by atoms with van der Waals surface area (Å²) in [4.78, 5) is 23.5. The maximum atomic E-state index is 12.5. The van der Waals surface area contributed by atoms with E-state index in [-0.39, 0.29) is 0 Å². The number of aryl methyl sites for hydroxylation is 1. The predicted molar refractivity (Wildman–Crippen MR) is 136 cm³/mol. The largest absolute Gasteiger partial charge is 0.493 e. The Morgan fingerprint density at radius 2 is 2.03 bits per heavy atom. The highest BCUT2D eigenvalue weighted by molar-refractivity contribution is 7.98. The maximum absolute atomic E-state index is 12.5. The van der Waals surface area contributed by atoms with Crippen LogP contribution in [0.4, 0.5) is 10.5 Å². The van der Waals surface area contributed by atoms with Gasteiger partial charge >= 0.3 is 6.03 Å². The number of likely N-dealkylation sites (tertiary alicyclic amines) is 1. The van der Waals surface area contributed by atoms with Crippen molar-refractivity contribution in [2.45, 2.75) is 24.8 Å². The molecule has 0 aliphatic carbocycles. The molecule has 1 aromatic heterocycles. The number of urea groups is 1. The van der Waals surface area contributed by atoms with Gasteiger partial charge in [-0.25, -0.2) is 14.8 Å². The molecule has 0 spiro atoms. The molecule has 1 aliphatic rings. The summed E-state index contributed by atoms with van der Waals surface area (Å²) < 4.78 is 14.5. The van der Waals surface area contributed by atoms with Crippen molar-refractivity contribution in [3.63, 3.8) is 0 Å². The topological polar surface area (TPSA) is 88.6 Å². The Bertz CT molecular complexity index is 1150. The Labute approximate surface area is 208 Å². The second-order valence-corrected chi connectivity index (χ2v) is 9.55. The standard InChI is InChI=1S/C24H28ClN5O3S/c1-15-5-4-6-18(25)22(15)28-24(31)29-34-23-17-11-20(32-3)21(12-19(17)26-14-27-23)33-13-16-7-9-30(2)10-8-16/h4-6,11-12,14,16H,7-10,13H2,1-3H3,(H2,28,29,31). The number of piperidine rings is 1. The average molecular weight is 502 g/mol. The third-order valence-electron chi connectivity index (χ3n) is 5.90. The molecule has 10 heteroatoms. The van der Waals surface area contributed by atoms with Gasteiger partial charge in [-0.05, 0) is 63.5 Å². The highest BCUT2D eigenvalue weighted by Gasteiger charge is 2.19. The smallest absolute Gasteiger partial charge is 0.329 e. The lowest BCUT2D eigenvalue weighted by Crippen LogP contribution is -2.32. The molecule has 1 fully saturated rings. The summed E-state index contributed by atoms with van der Waals surface area (Å²) >= 11 is 7.29. The van der Waals surface area contributed by atoms with Crippen LogP contribution < -0.4 is 19.5 Å². The van der Waals surface area contributed by atoms with E-state index in [1.54, 1.807) is 13.2 Å². The van der Waals surface area contributed by atoms with Gasteiger partial charge in [-0.15, -0.1) is 0 Å². The fourth-order valence-electron chi connectivity index (χ4n) is 3.85. The minimum absolute atomic E-state index is 0.405. The average Bonchev–Trinajstić information content (AvgIpc) is 2.84. The van der Waals surface area contributed by atoms with Crippen LogP contribution in [0, 0.1) is 12.8 Å². The summed E-state index contributed by atoms with van der Waals surface area (Å²) in [6.07, 6.45) is 3.71. The molecule has 1 aliphatic heterocycles. The number of aromatic nitrogens is 2. The van der Waals surface area contributed by atoms with Crippen molar-refractivity contribution in [3.8, 4) is 11.5 Å². The van der Waals surface area contributed by atoms with E-state index in [2.05, 4.69) is 32.0 Å². The first-order valence-corrected chi connectivity index (χ1v) is 12.3. The van der Waals surface area contributed by atoms with E-state index in [0.29, 0.717) is 45.3 Å². The number of hydrogen-bond donors (Lipinski definition) is 2. The third kappa shape index (κ3) is 5.84. The van der Waals surface area contributed by atoms with E-state index in [4.69, 9.17) is 21.1 Å². The Balaban J connectivity index is 1.45. The van der Waals surface area contributed by atoms with Crippen molar-refractivity contribution < 1.29 is 14.3 Å². The van der Waals surface area contributed by atoms with Gasteiger partial charge in [0.25, 0.3) is 0 Å². The van der Waals surface area contributed by atoms with Gasteiger partial charge in [-0.1, -0.05) is 23.7 Å². The van der Waals surface area contributed by atoms with Crippen LogP contribution in [0.2, 0.25) is 5.02 Å². The summed E-state index contributed by atoms with van der Waals surface area (Å²) in [5.74, 6) is 1.79. The van der Waals surface area contributed by atoms with E-state index in [0.717, 1.165) is 48.8 Å². The number of anilines is 1. The molecular weight excluding hydrogens is 474 g/mol. The summed E-state index contributed by atoms with van der Waals surface area (Å²) in [5.41, 5.74) is 2.15. The normalized spacial score (nSPS) is 14.7. The number of nitrogens with zero attached hydrogens (tertiary/aromatic N) is 3. The van der Waals surface area contributed by atoms with Crippen LogP contribution in [0.15, 0.2) is 41.7 Å². The number of rotatable bonds is 7. The van der Waals surface area contributed by atoms with Crippen LogP contribution in [-0.2, 0) is 0 Å². The second kappa shape index (κ2) is 11.1. The highest BCUT2D eigenvalue weighted by atomic mass is 35.5. The molecule has 34 heavy (non-hydrogen) atoms. The molecule has 180 valence electrons. The lowest BCUT2D eigenvalue weighted by atomic mass is 9.98. The maximum Gasteiger partial charge on any atom is 0.329 e. The molecule has 8 nitrogen and oxygen atoms in total. The number of para-hydroxylation sites is 1. The fourth-order valence-corrected chi connectivity index (χ4v) is 4.74. The zero-order valence-corrected chi connectivity index (χ0v) is 21.0. The van der Waals surface area contributed by atoms with Gasteiger partial charge in [0.05, 0.1) is 29.9 Å². The van der Waals surface area contributed by atoms with Gasteiger partial charge in [0.15, 0.2) is 11.5 Å². The Morgan fingerprint density at radius 1 is 1.24 bits per heavy atom. The van der Waals surface area contributed by atoms with Crippen molar-refractivity contribution in [2.75, 3.05) is 39.2 Å². The molecule has 0 bridgehead atoms.